The van der Waals surface area contributed by atoms with Crippen molar-refractivity contribution < 1.29 is 14.3 Å². The first-order chi connectivity index (χ1) is 15.2. The van der Waals surface area contributed by atoms with Gasteiger partial charge in [-0.3, -0.25) is 4.79 Å². The average Bonchev–Trinajstić information content (AvgIpc) is 2.83. The van der Waals surface area contributed by atoms with E-state index in [9.17, 15) is 4.79 Å². The normalized spacial score (nSPS) is 10.6. The van der Waals surface area contributed by atoms with E-state index in [2.05, 4.69) is 24.3 Å². The van der Waals surface area contributed by atoms with Crippen molar-refractivity contribution in [2.45, 2.75) is 13.1 Å². The summed E-state index contributed by atoms with van der Waals surface area (Å²) in [4.78, 5) is 15.0. The smallest absolute Gasteiger partial charge is 0.261 e. The van der Waals surface area contributed by atoms with Crippen LogP contribution in [0.4, 0.5) is 0 Å². The molecule has 0 aliphatic heterocycles. The molecule has 0 aliphatic carbocycles. The van der Waals surface area contributed by atoms with Gasteiger partial charge in [0.25, 0.3) is 5.91 Å². The van der Waals surface area contributed by atoms with E-state index in [0.29, 0.717) is 18.8 Å². The summed E-state index contributed by atoms with van der Waals surface area (Å²) in [6.45, 7) is 0.986. The highest BCUT2D eigenvalue weighted by Crippen LogP contribution is 2.22. The van der Waals surface area contributed by atoms with Gasteiger partial charge in [0.2, 0.25) is 0 Å². The summed E-state index contributed by atoms with van der Waals surface area (Å²) >= 11 is 0. The molecule has 0 atom stereocenters. The second-order valence-electron chi connectivity index (χ2n) is 7.34. The predicted octanol–water partition coefficient (Wildman–Crippen LogP) is 5.46. The molecule has 0 bridgehead atoms. The molecular formula is C27H25NO3. The maximum Gasteiger partial charge on any atom is 0.261 e. The van der Waals surface area contributed by atoms with Crippen molar-refractivity contribution in [3.8, 4) is 11.5 Å². The first-order valence-electron chi connectivity index (χ1n) is 10.3. The van der Waals surface area contributed by atoms with E-state index >= 15 is 0 Å². The molecule has 156 valence electrons. The van der Waals surface area contributed by atoms with Crippen LogP contribution in [0, 0.1) is 0 Å². The van der Waals surface area contributed by atoms with Crippen molar-refractivity contribution in [2.24, 2.45) is 0 Å². The van der Waals surface area contributed by atoms with Crippen LogP contribution in [0.2, 0.25) is 0 Å². The number of hydrogen-bond donors (Lipinski definition) is 0. The van der Waals surface area contributed by atoms with Crippen molar-refractivity contribution >= 4 is 16.7 Å². The van der Waals surface area contributed by atoms with Gasteiger partial charge < -0.3 is 14.4 Å². The number of carbonyl (C=O) groups excluding carboxylic acids is 1. The van der Waals surface area contributed by atoms with Gasteiger partial charge in [-0.1, -0.05) is 72.8 Å². The second kappa shape index (κ2) is 9.81. The summed E-state index contributed by atoms with van der Waals surface area (Å²) in [6, 6.07) is 31.7. The van der Waals surface area contributed by atoms with E-state index in [1.54, 1.807) is 7.11 Å². The molecule has 0 radical (unpaired) electrons. The quantitative estimate of drug-likeness (QED) is 0.387. The fraction of sp³-hybridized carbons (Fsp3) is 0.148. The number of para-hydroxylation sites is 1. The number of ether oxygens (including phenoxy) is 2. The molecule has 0 spiro atoms. The minimum atomic E-state index is -0.0624. The Morgan fingerprint density at radius 1 is 0.742 bits per heavy atom. The zero-order chi connectivity index (χ0) is 21.5. The number of benzene rings is 4. The number of amides is 1. The van der Waals surface area contributed by atoms with Gasteiger partial charge in [0.05, 0.1) is 7.11 Å². The SMILES string of the molecule is COc1ccc(CN(Cc2cccc3ccccc23)C(=O)COc2ccccc2)cc1. The summed E-state index contributed by atoms with van der Waals surface area (Å²) in [5, 5.41) is 2.32. The lowest BCUT2D eigenvalue weighted by molar-refractivity contribution is -0.134. The fourth-order valence-electron chi connectivity index (χ4n) is 3.57. The largest absolute Gasteiger partial charge is 0.497 e. The van der Waals surface area contributed by atoms with Gasteiger partial charge in [-0.05, 0) is 46.2 Å². The van der Waals surface area contributed by atoms with Crippen LogP contribution in [0.1, 0.15) is 11.1 Å². The minimum Gasteiger partial charge on any atom is -0.497 e. The average molecular weight is 412 g/mol. The maximum atomic E-state index is 13.2. The third-order valence-corrected chi connectivity index (χ3v) is 5.23. The first-order valence-corrected chi connectivity index (χ1v) is 10.3. The van der Waals surface area contributed by atoms with Gasteiger partial charge in [-0.2, -0.15) is 0 Å². The van der Waals surface area contributed by atoms with Crippen molar-refractivity contribution in [3.63, 3.8) is 0 Å². The van der Waals surface area contributed by atoms with E-state index in [-0.39, 0.29) is 12.5 Å². The summed E-state index contributed by atoms with van der Waals surface area (Å²) in [6.07, 6.45) is 0. The Bertz CT molecular complexity index is 1130. The standard InChI is InChI=1S/C27H25NO3/c1-30-24-16-14-21(15-17-24)18-28(27(29)20-31-25-11-3-2-4-12-25)19-23-10-7-9-22-8-5-6-13-26(22)23/h2-17H,18-20H2,1H3. The topological polar surface area (TPSA) is 38.8 Å². The van der Waals surface area contributed by atoms with Gasteiger partial charge in [-0.15, -0.1) is 0 Å². The van der Waals surface area contributed by atoms with Crippen LogP contribution < -0.4 is 9.47 Å². The van der Waals surface area contributed by atoms with Crippen LogP contribution in [-0.4, -0.2) is 24.5 Å². The molecule has 4 heteroatoms. The molecule has 4 rings (SSSR count). The molecule has 0 heterocycles. The Labute approximate surface area is 182 Å². The Balaban J connectivity index is 1.56. The van der Waals surface area contributed by atoms with Crippen LogP contribution in [0.15, 0.2) is 97.1 Å². The molecule has 0 aliphatic rings. The highest BCUT2D eigenvalue weighted by Gasteiger charge is 2.17. The number of fused-ring (bicyclic) bond motifs is 1. The highest BCUT2D eigenvalue weighted by atomic mass is 16.5. The third kappa shape index (κ3) is 5.23. The molecule has 0 N–H and O–H groups in total. The Morgan fingerprint density at radius 2 is 1.45 bits per heavy atom. The molecule has 0 fully saturated rings. The van der Waals surface area contributed by atoms with Gasteiger partial charge in [-0.25, -0.2) is 0 Å². The number of methoxy groups -OCH3 is 1. The number of carbonyl (C=O) groups is 1. The summed E-state index contributed by atoms with van der Waals surface area (Å²) in [5.74, 6) is 1.42. The molecule has 31 heavy (non-hydrogen) atoms. The number of hydrogen-bond acceptors (Lipinski definition) is 3. The van der Waals surface area contributed by atoms with Gasteiger partial charge >= 0.3 is 0 Å². The Kier molecular flexibility index (Phi) is 6.48. The molecule has 0 saturated heterocycles. The van der Waals surface area contributed by atoms with E-state index in [1.165, 1.54) is 0 Å². The van der Waals surface area contributed by atoms with Crippen LogP contribution in [0.3, 0.4) is 0 Å². The van der Waals surface area contributed by atoms with E-state index < -0.39 is 0 Å². The highest BCUT2D eigenvalue weighted by molar-refractivity contribution is 5.86. The van der Waals surface area contributed by atoms with Crippen LogP contribution in [0.25, 0.3) is 10.8 Å². The molecule has 0 unspecified atom stereocenters. The zero-order valence-electron chi connectivity index (χ0n) is 17.5. The number of nitrogens with zero attached hydrogens (tertiary/aromatic N) is 1. The molecule has 4 aromatic rings. The van der Waals surface area contributed by atoms with Crippen LogP contribution >= 0.6 is 0 Å². The second-order valence-corrected chi connectivity index (χ2v) is 7.34. The summed E-state index contributed by atoms with van der Waals surface area (Å²) < 4.78 is 11.0. The fourth-order valence-corrected chi connectivity index (χ4v) is 3.57. The molecular weight excluding hydrogens is 386 g/mol. The summed E-state index contributed by atoms with van der Waals surface area (Å²) in [7, 11) is 1.65. The lowest BCUT2D eigenvalue weighted by Gasteiger charge is -2.24. The Morgan fingerprint density at radius 3 is 2.23 bits per heavy atom. The lowest BCUT2D eigenvalue weighted by Crippen LogP contribution is -2.34. The predicted molar refractivity (Wildman–Crippen MR) is 123 cm³/mol. The monoisotopic (exact) mass is 411 g/mol. The zero-order valence-corrected chi connectivity index (χ0v) is 17.5. The van der Waals surface area contributed by atoms with Crippen molar-refractivity contribution in [1.82, 2.24) is 4.90 Å². The Hall–Kier alpha value is -3.79. The van der Waals surface area contributed by atoms with Gasteiger partial charge in [0, 0.05) is 13.1 Å². The molecule has 4 aromatic carbocycles. The van der Waals surface area contributed by atoms with Crippen LogP contribution in [0.5, 0.6) is 11.5 Å². The molecule has 1 amide bonds. The lowest BCUT2D eigenvalue weighted by atomic mass is 10.0. The van der Waals surface area contributed by atoms with E-state index in [1.807, 2.05) is 77.7 Å². The van der Waals surface area contributed by atoms with E-state index in [4.69, 9.17) is 9.47 Å². The third-order valence-electron chi connectivity index (χ3n) is 5.23. The van der Waals surface area contributed by atoms with Crippen LogP contribution in [-0.2, 0) is 17.9 Å². The first kappa shape index (κ1) is 20.5. The van der Waals surface area contributed by atoms with Gasteiger partial charge in [0.15, 0.2) is 6.61 Å². The van der Waals surface area contributed by atoms with Gasteiger partial charge in [0.1, 0.15) is 11.5 Å². The minimum absolute atomic E-state index is 0.00899. The van der Waals surface area contributed by atoms with E-state index in [0.717, 1.165) is 27.6 Å². The molecule has 0 aromatic heterocycles. The van der Waals surface area contributed by atoms with Crippen molar-refractivity contribution in [3.05, 3.63) is 108 Å². The molecule has 0 saturated carbocycles. The van der Waals surface area contributed by atoms with Crippen molar-refractivity contribution in [1.29, 1.82) is 0 Å². The maximum absolute atomic E-state index is 13.2. The van der Waals surface area contributed by atoms with Crippen molar-refractivity contribution in [2.75, 3.05) is 13.7 Å². The molecule has 4 nitrogen and oxygen atoms in total. The summed E-state index contributed by atoms with van der Waals surface area (Å²) in [5.41, 5.74) is 2.15. The number of rotatable bonds is 8.